The molecule has 8 heteroatoms. The number of hydrogen-bond acceptors (Lipinski definition) is 7. The standard InChI is InChI=1S/C17H16N4O2S2/c1-11-8-13(5-6-15(11)23-14-4-3-7-18-9-14)20-16(22)12(2)25-17-21-19-10-24-17/h3-10,12H,1-2H3,(H,20,22)/t12-/m0/s1. The molecule has 2 aromatic heterocycles. The topological polar surface area (TPSA) is 77.0 Å². The summed E-state index contributed by atoms with van der Waals surface area (Å²) in [5.41, 5.74) is 3.30. The zero-order valence-corrected chi connectivity index (χ0v) is 15.3. The fourth-order valence-electron chi connectivity index (χ4n) is 2.04. The van der Waals surface area contributed by atoms with Gasteiger partial charge in [-0.3, -0.25) is 9.78 Å². The smallest absolute Gasteiger partial charge is 0.237 e. The van der Waals surface area contributed by atoms with Crippen LogP contribution in [0.5, 0.6) is 11.5 Å². The van der Waals surface area contributed by atoms with Gasteiger partial charge in [0.25, 0.3) is 0 Å². The Hall–Kier alpha value is -2.45. The van der Waals surface area contributed by atoms with Crippen molar-refractivity contribution in [2.24, 2.45) is 0 Å². The summed E-state index contributed by atoms with van der Waals surface area (Å²) >= 11 is 2.81. The largest absolute Gasteiger partial charge is 0.455 e. The molecule has 1 atom stereocenters. The molecule has 0 saturated carbocycles. The fourth-order valence-corrected chi connectivity index (χ4v) is 3.66. The summed E-state index contributed by atoms with van der Waals surface area (Å²) in [5, 5.41) is 10.4. The summed E-state index contributed by atoms with van der Waals surface area (Å²) in [5.74, 6) is 1.31. The fraction of sp³-hybridized carbons (Fsp3) is 0.176. The number of thioether (sulfide) groups is 1. The molecule has 0 bridgehead atoms. The van der Waals surface area contributed by atoms with Gasteiger partial charge in [-0.2, -0.15) is 0 Å². The summed E-state index contributed by atoms with van der Waals surface area (Å²) in [4.78, 5) is 16.3. The minimum atomic E-state index is -0.264. The van der Waals surface area contributed by atoms with E-state index in [1.54, 1.807) is 17.9 Å². The average Bonchev–Trinajstić information content (AvgIpc) is 3.11. The number of ether oxygens (including phenoxy) is 1. The summed E-state index contributed by atoms with van der Waals surface area (Å²) in [6.07, 6.45) is 3.35. The van der Waals surface area contributed by atoms with Crippen LogP contribution in [-0.2, 0) is 4.79 Å². The van der Waals surface area contributed by atoms with Crippen molar-refractivity contribution < 1.29 is 9.53 Å². The Kier molecular flexibility index (Phi) is 5.62. The van der Waals surface area contributed by atoms with Crippen LogP contribution in [0, 0.1) is 6.92 Å². The van der Waals surface area contributed by atoms with E-state index in [0.29, 0.717) is 5.75 Å². The second kappa shape index (κ2) is 8.09. The Bertz CT molecular complexity index is 841. The molecule has 0 unspecified atom stereocenters. The van der Waals surface area contributed by atoms with Crippen LogP contribution in [0.4, 0.5) is 5.69 Å². The molecule has 1 N–H and O–H groups in total. The van der Waals surface area contributed by atoms with Crippen molar-refractivity contribution in [3.05, 3.63) is 53.8 Å². The first kappa shape index (κ1) is 17.4. The molecule has 25 heavy (non-hydrogen) atoms. The van der Waals surface area contributed by atoms with Crippen molar-refractivity contribution in [1.82, 2.24) is 15.2 Å². The number of anilines is 1. The van der Waals surface area contributed by atoms with Gasteiger partial charge >= 0.3 is 0 Å². The number of rotatable bonds is 6. The Labute approximate surface area is 153 Å². The van der Waals surface area contributed by atoms with Crippen LogP contribution >= 0.6 is 23.1 Å². The summed E-state index contributed by atoms with van der Waals surface area (Å²) in [7, 11) is 0. The number of aromatic nitrogens is 3. The van der Waals surface area contributed by atoms with E-state index in [2.05, 4.69) is 20.5 Å². The molecule has 3 aromatic rings. The van der Waals surface area contributed by atoms with Gasteiger partial charge in [-0.15, -0.1) is 10.2 Å². The molecule has 1 aromatic carbocycles. The molecule has 0 aliphatic rings. The van der Waals surface area contributed by atoms with E-state index in [1.165, 1.54) is 23.1 Å². The number of pyridine rings is 1. The Balaban J connectivity index is 1.63. The average molecular weight is 372 g/mol. The SMILES string of the molecule is Cc1cc(NC(=O)[C@H](C)Sc2nncs2)ccc1Oc1cccnc1. The van der Waals surface area contributed by atoms with Crippen molar-refractivity contribution >= 4 is 34.7 Å². The monoisotopic (exact) mass is 372 g/mol. The van der Waals surface area contributed by atoms with E-state index in [4.69, 9.17) is 4.74 Å². The maximum Gasteiger partial charge on any atom is 0.237 e. The molecule has 1 amide bonds. The number of nitrogens with zero attached hydrogens (tertiary/aromatic N) is 3. The lowest BCUT2D eigenvalue weighted by molar-refractivity contribution is -0.115. The first-order valence-corrected chi connectivity index (χ1v) is 9.30. The molecule has 6 nitrogen and oxygen atoms in total. The Morgan fingerprint density at radius 2 is 2.24 bits per heavy atom. The normalized spacial score (nSPS) is 11.8. The second-order valence-corrected chi connectivity index (χ2v) is 7.65. The Morgan fingerprint density at radius 1 is 1.36 bits per heavy atom. The van der Waals surface area contributed by atoms with E-state index >= 15 is 0 Å². The molecule has 0 saturated heterocycles. The van der Waals surface area contributed by atoms with Crippen LogP contribution in [0.3, 0.4) is 0 Å². The van der Waals surface area contributed by atoms with E-state index in [1.807, 2.05) is 44.2 Å². The number of amides is 1. The van der Waals surface area contributed by atoms with Gasteiger partial charge in [0, 0.05) is 11.9 Å². The highest BCUT2D eigenvalue weighted by Crippen LogP contribution is 2.28. The van der Waals surface area contributed by atoms with Gasteiger partial charge < -0.3 is 10.1 Å². The predicted molar refractivity (Wildman–Crippen MR) is 99.3 cm³/mol. The predicted octanol–water partition coefficient (Wildman–Crippen LogP) is 4.15. The van der Waals surface area contributed by atoms with Gasteiger partial charge in [0.15, 0.2) is 4.34 Å². The summed E-state index contributed by atoms with van der Waals surface area (Å²) in [6.45, 7) is 3.77. The van der Waals surface area contributed by atoms with Crippen molar-refractivity contribution in [3.63, 3.8) is 0 Å². The van der Waals surface area contributed by atoms with E-state index in [-0.39, 0.29) is 11.2 Å². The third-order valence-corrected chi connectivity index (χ3v) is 5.20. The van der Waals surface area contributed by atoms with Gasteiger partial charge in [0.1, 0.15) is 17.0 Å². The van der Waals surface area contributed by atoms with Crippen LogP contribution in [0.1, 0.15) is 12.5 Å². The minimum absolute atomic E-state index is 0.0828. The van der Waals surface area contributed by atoms with Gasteiger partial charge in [0.2, 0.25) is 5.91 Å². The van der Waals surface area contributed by atoms with Crippen LogP contribution in [-0.4, -0.2) is 26.3 Å². The van der Waals surface area contributed by atoms with E-state index in [0.717, 1.165) is 21.3 Å². The first-order valence-electron chi connectivity index (χ1n) is 7.54. The number of hydrogen-bond donors (Lipinski definition) is 1. The zero-order chi connectivity index (χ0) is 17.6. The lowest BCUT2D eigenvalue weighted by atomic mass is 10.2. The number of nitrogens with one attached hydrogen (secondary N) is 1. The molecule has 0 radical (unpaired) electrons. The minimum Gasteiger partial charge on any atom is -0.455 e. The van der Waals surface area contributed by atoms with Gasteiger partial charge in [-0.1, -0.05) is 23.1 Å². The van der Waals surface area contributed by atoms with Crippen molar-refractivity contribution in [2.75, 3.05) is 5.32 Å². The number of benzene rings is 1. The molecule has 0 aliphatic heterocycles. The molecule has 128 valence electrons. The summed E-state index contributed by atoms with van der Waals surface area (Å²) < 4.78 is 6.57. The first-order chi connectivity index (χ1) is 12.1. The lowest BCUT2D eigenvalue weighted by Gasteiger charge is -2.13. The number of carbonyl (C=O) groups is 1. The molecule has 2 heterocycles. The van der Waals surface area contributed by atoms with Crippen molar-refractivity contribution in [2.45, 2.75) is 23.4 Å². The molecule has 0 fully saturated rings. The van der Waals surface area contributed by atoms with Gasteiger partial charge in [0.05, 0.1) is 11.4 Å². The molecular formula is C17H16N4O2S2. The van der Waals surface area contributed by atoms with E-state index in [9.17, 15) is 4.79 Å². The number of aryl methyl sites for hydroxylation is 1. The quantitative estimate of drug-likeness (QED) is 0.655. The third-order valence-electron chi connectivity index (χ3n) is 3.29. The highest BCUT2D eigenvalue weighted by atomic mass is 32.2. The maximum atomic E-state index is 12.3. The second-order valence-electron chi connectivity index (χ2n) is 5.23. The van der Waals surface area contributed by atoms with Crippen molar-refractivity contribution in [1.29, 1.82) is 0 Å². The summed E-state index contributed by atoms with van der Waals surface area (Å²) in [6, 6.07) is 9.19. The van der Waals surface area contributed by atoms with Crippen LogP contribution in [0.2, 0.25) is 0 Å². The molecular weight excluding hydrogens is 356 g/mol. The van der Waals surface area contributed by atoms with Gasteiger partial charge in [-0.05, 0) is 49.7 Å². The Morgan fingerprint density at radius 3 is 2.92 bits per heavy atom. The third kappa shape index (κ3) is 4.77. The highest BCUT2D eigenvalue weighted by molar-refractivity contribution is 8.02. The number of carbonyl (C=O) groups excluding carboxylic acids is 1. The highest BCUT2D eigenvalue weighted by Gasteiger charge is 2.16. The molecule has 3 rings (SSSR count). The van der Waals surface area contributed by atoms with Crippen molar-refractivity contribution in [3.8, 4) is 11.5 Å². The van der Waals surface area contributed by atoms with Crippen LogP contribution in [0.25, 0.3) is 0 Å². The lowest BCUT2D eigenvalue weighted by Crippen LogP contribution is -2.22. The zero-order valence-electron chi connectivity index (χ0n) is 13.7. The maximum absolute atomic E-state index is 12.3. The van der Waals surface area contributed by atoms with E-state index < -0.39 is 0 Å². The molecule has 0 aliphatic carbocycles. The van der Waals surface area contributed by atoms with Crippen LogP contribution in [0.15, 0.2) is 52.6 Å². The molecule has 0 spiro atoms. The van der Waals surface area contributed by atoms with Crippen LogP contribution < -0.4 is 10.1 Å². The van der Waals surface area contributed by atoms with Gasteiger partial charge in [-0.25, -0.2) is 0 Å².